The Morgan fingerprint density at radius 3 is 2.56 bits per heavy atom. The van der Waals surface area contributed by atoms with Gasteiger partial charge in [-0.3, -0.25) is 0 Å². The van der Waals surface area contributed by atoms with Crippen molar-refractivity contribution in [2.45, 2.75) is 30.4 Å². The quantitative estimate of drug-likeness (QED) is 0.345. The highest BCUT2D eigenvalue weighted by molar-refractivity contribution is 7.90. The van der Waals surface area contributed by atoms with E-state index in [-0.39, 0.29) is 11.5 Å². The summed E-state index contributed by atoms with van der Waals surface area (Å²) in [6.45, 7) is 2.31. The predicted molar refractivity (Wildman–Crippen MR) is 105 cm³/mol. The summed E-state index contributed by atoms with van der Waals surface area (Å²) in [4.78, 5) is 0.331. The lowest BCUT2D eigenvalue weighted by molar-refractivity contribution is 0.116. The van der Waals surface area contributed by atoms with Gasteiger partial charge in [-0.15, -0.1) is 0 Å². The molecule has 0 aromatic heterocycles. The van der Waals surface area contributed by atoms with Gasteiger partial charge in [0.05, 0.1) is 12.7 Å². The highest BCUT2D eigenvalue weighted by Gasteiger charge is 2.15. The van der Waals surface area contributed by atoms with E-state index in [2.05, 4.69) is 5.32 Å². The molecule has 0 bridgehead atoms. The highest BCUT2D eigenvalue weighted by Crippen LogP contribution is 2.26. The molecule has 2 unspecified atom stereocenters. The SMILES string of the molecule is C[S+]([O-])c1cc(C(O)CNCCCCOCc2ccc(O)cc2)ccc1O. The first-order valence-electron chi connectivity index (χ1n) is 8.88. The van der Waals surface area contributed by atoms with Gasteiger partial charge in [-0.05, 0) is 59.9 Å². The van der Waals surface area contributed by atoms with Crippen molar-refractivity contribution >= 4 is 11.2 Å². The Bertz CT molecular complexity index is 693. The number of phenolic OH excluding ortho intramolecular Hbond substituents is 2. The van der Waals surface area contributed by atoms with Crippen molar-refractivity contribution in [2.24, 2.45) is 0 Å². The van der Waals surface area contributed by atoms with Crippen LogP contribution in [0.5, 0.6) is 11.5 Å². The smallest absolute Gasteiger partial charge is 0.194 e. The van der Waals surface area contributed by atoms with Gasteiger partial charge in [-0.2, -0.15) is 0 Å². The summed E-state index contributed by atoms with van der Waals surface area (Å²) in [6, 6.07) is 11.6. The molecule has 148 valence electrons. The molecule has 0 amide bonds. The number of benzene rings is 2. The van der Waals surface area contributed by atoms with Crippen LogP contribution in [0, 0.1) is 0 Å². The largest absolute Gasteiger partial charge is 0.612 e. The molecule has 2 aromatic carbocycles. The second-order valence-corrected chi connectivity index (χ2v) is 7.68. The van der Waals surface area contributed by atoms with Gasteiger partial charge in [0.15, 0.2) is 10.6 Å². The Morgan fingerprint density at radius 2 is 1.85 bits per heavy atom. The summed E-state index contributed by atoms with van der Waals surface area (Å²) in [5, 5.41) is 32.3. The van der Waals surface area contributed by atoms with E-state index < -0.39 is 17.3 Å². The topological polar surface area (TPSA) is 105 Å². The summed E-state index contributed by atoms with van der Waals surface area (Å²) in [6.07, 6.45) is 2.59. The number of unbranched alkanes of at least 4 members (excludes halogenated alkanes) is 1. The molecule has 6 nitrogen and oxygen atoms in total. The molecule has 0 fully saturated rings. The Kier molecular flexibility index (Phi) is 8.90. The summed E-state index contributed by atoms with van der Waals surface area (Å²) >= 11 is -1.30. The van der Waals surface area contributed by atoms with Crippen LogP contribution in [0.2, 0.25) is 0 Å². The zero-order chi connectivity index (χ0) is 19.6. The minimum Gasteiger partial charge on any atom is -0.612 e. The van der Waals surface area contributed by atoms with E-state index in [4.69, 9.17) is 4.74 Å². The standard InChI is InChI=1S/C20H27NO5S/c1-27(25)20-12-16(6-9-18(20)23)19(24)13-21-10-2-3-11-26-14-15-4-7-17(22)8-5-15/h4-9,12,19,21-24H,2-3,10-11,13-14H2,1H3. The lowest BCUT2D eigenvalue weighted by Crippen LogP contribution is -2.23. The number of aromatic hydroxyl groups is 2. The lowest BCUT2D eigenvalue weighted by Gasteiger charge is -2.14. The zero-order valence-electron chi connectivity index (χ0n) is 15.4. The predicted octanol–water partition coefficient (Wildman–Crippen LogP) is 2.46. The average Bonchev–Trinajstić information content (AvgIpc) is 2.65. The minimum absolute atomic E-state index is 0.0213. The Labute approximate surface area is 163 Å². The molecule has 0 radical (unpaired) electrons. The normalized spacial score (nSPS) is 13.4. The van der Waals surface area contributed by atoms with Crippen LogP contribution in [-0.2, 0) is 22.5 Å². The molecule has 7 heteroatoms. The molecular weight excluding hydrogens is 366 g/mol. The fourth-order valence-electron chi connectivity index (χ4n) is 2.56. The Balaban J connectivity index is 1.58. The fourth-order valence-corrected chi connectivity index (χ4v) is 3.23. The summed E-state index contributed by atoms with van der Waals surface area (Å²) in [7, 11) is 0. The van der Waals surface area contributed by atoms with Gasteiger partial charge in [0.2, 0.25) is 0 Å². The second kappa shape index (κ2) is 11.2. The molecule has 2 rings (SSSR count). The third-order valence-corrected chi connectivity index (χ3v) is 5.06. The first-order chi connectivity index (χ1) is 13.0. The van der Waals surface area contributed by atoms with Gasteiger partial charge < -0.3 is 29.9 Å². The number of rotatable bonds is 11. The van der Waals surface area contributed by atoms with Crippen molar-refractivity contribution in [3.05, 3.63) is 53.6 Å². The van der Waals surface area contributed by atoms with E-state index >= 15 is 0 Å². The molecule has 4 N–H and O–H groups in total. The van der Waals surface area contributed by atoms with E-state index in [9.17, 15) is 19.9 Å². The second-order valence-electron chi connectivity index (χ2n) is 6.33. The van der Waals surface area contributed by atoms with Crippen molar-refractivity contribution < 1.29 is 24.6 Å². The molecule has 0 spiro atoms. The van der Waals surface area contributed by atoms with Crippen LogP contribution in [0.1, 0.15) is 30.1 Å². The van der Waals surface area contributed by atoms with Crippen molar-refractivity contribution in [1.82, 2.24) is 5.32 Å². The maximum atomic E-state index is 11.6. The van der Waals surface area contributed by atoms with Gasteiger partial charge in [-0.1, -0.05) is 18.2 Å². The zero-order valence-corrected chi connectivity index (χ0v) is 16.2. The number of phenols is 2. The van der Waals surface area contributed by atoms with Gasteiger partial charge in [0.1, 0.15) is 12.0 Å². The molecular formula is C20H27NO5S. The third kappa shape index (κ3) is 7.40. The van der Waals surface area contributed by atoms with E-state index in [1.54, 1.807) is 24.3 Å². The van der Waals surface area contributed by atoms with Gasteiger partial charge >= 0.3 is 0 Å². The van der Waals surface area contributed by atoms with Crippen LogP contribution in [0.25, 0.3) is 0 Å². The third-order valence-electron chi connectivity index (χ3n) is 4.11. The molecule has 0 aliphatic heterocycles. The van der Waals surface area contributed by atoms with Crippen LogP contribution >= 0.6 is 0 Å². The van der Waals surface area contributed by atoms with Crippen molar-refractivity contribution in [3.63, 3.8) is 0 Å². The van der Waals surface area contributed by atoms with E-state index in [1.807, 2.05) is 12.1 Å². The van der Waals surface area contributed by atoms with Crippen LogP contribution < -0.4 is 5.32 Å². The first kappa shape index (κ1) is 21.5. The number of aliphatic hydroxyl groups excluding tert-OH is 1. The Morgan fingerprint density at radius 1 is 1.11 bits per heavy atom. The van der Waals surface area contributed by atoms with Crippen molar-refractivity contribution in [3.8, 4) is 11.5 Å². The number of nitrogens with one attached hydrogen (secondary N) is 1. The Hall–Kier alpha value is -1.77. The maximum Gasteiger partial charge on any atom is 0.194 e. The van der Waals surface area contributed by atoms with Crippen LogP contribution in [0.3, 0.4) is 0 Å². The number of ether oxygens (including phenoxy) is 1. The average molecular weight is 394 g/mol. The molecule has 0 aliphatic carbocycles. The maximum absolute atomic E-state index is 11.6. The summed E-state index contributed by atoms with van der Waals surface area (Å²) in [5.41, 5.74) is 1.65. The van der Waals surface area contributed by atoms with E-state index in [0.29, 0.717) is 30.2 Å². The number of hydrogen-bond donors (Lipinski definition) is 4. The van der Waals surface area contributed by atoms with Crippen molar-refractivity contribution in [2.75, 3.05) is 26.0 Å². The van der Waals surface area contributed by atoms with Crippen LogP contribution in [0.15, 0.2) is 47.4 Å². The molecule has 0 saturated heterocycles. The molecule has 0 heterocycles. The first-order valence-corrected chi connectivity index (χ1v) is 10.4. The highest BCUT2D eigenvalue weighted by atomic mass is 32.2. The fraction of sp³-hybridized carbons (Fsp3) is 0.400. The summed E-state index contributed by atoms with van der Waals surface area (Å²) in [5.74, 6) is 0.227. The van der Waals surface area contributed by atoms with E-state index in [1.165, 1.54) is 12.3 Å². The van der Waals surface area contributed by atoms with Crippen molar-refractivity contribution in [1.29, 1.82) is 0 Å². The summed E-state index contributed by atoms with van der Waals surface area (Å²) < 4.78 is 17.2. The monoisotopic (exact) mass is 393 g/mol. The van der Waals surface area contributed by atoms with Crippen LogP contribution in [0.4, 0.5) is 0 Å². The molecule has 0 aliphatic rings. The van der Waals surface area contributed by atoms with Gasteiger partial charge in [-0.25, -0.2) is 0 Å². The molecule has 27 heavy (non-hydrogen) atoms. The molecule has 2 aromatic rings. The number of hydrogen-bond acceptors (Lipinski definition) is 6. The van der Waals surface area contributed by atoms with Gasteiger partial charge in [0, 0.05) is 19.2 Å². The van der Waals surface area contributed by atoms with Gasteiger partial charge in [0.25, 0.3) is 0 Å². The minimum atomic E-state index is -1.30. The number of aliphatic hydroxyl groups is 1. The van der Waals surface area contributed by atoms with E-state index in [0.717, 1.165) is 24.9 Å². The van der Waals surface area contributed by atoms with Crippen LogP contribution in [-0.4, -0.2) is 45.8 Å². The lowest BCUT2D eigenvalue weighted by atomic mass is 10.1. The molecule has 0 saturated carbocycles. The molecule has 2 atom stereocenters.